The maximum atomic E-state index is 12.7. The molecule has 1 aliphatic rings. The quantitative estimate of drug-likeness (QED) is 0.388. The van der Waals surface area contributed by atoms with E-state index in [1.165, 1.54) is 0 Å². The molecule has 1 saturated carbocycles. The largest absolute Gasteiger partial charge is 0.480 e. The second-order valence-electron chi connectivity index (χ2n) is 10.9. The molecule has 190 valence electrons. The molecule has 0 radical (unpaired) electrons. The zero-order chi connectivity index (χ0) is 25.3. The highest BCUT2D eigenvalue weighted by Crippen LogP contribution is 2.29. The fourth-order valence-electron chi connectivity index (χ4n) is 3.94. The zero-order valence-electron chi connectivity index (χ0n) is 21.2. The van der Waals surface area contributed by atoms with E-state index in [9.17, 15) is 24.3 Å². The second kappa shape index (κ2) is 12.8. The molecule has 33 heavy (non-hydrogen) atoms. The van der Waals surface area contributed by atoms with Crippen molar-refractivity contribution in [2.45, 2.75) is 98.3 Å². The molecule has 0 aromatic carbocycles. The van der Waals surface area contributed by atoms with E-state index >= 15 is 0 Å². The maximum absolute atomic E-state index is 12.7. The van der Waals surface area contributed by atoms with Crippen LogP contribution in [0.4, 0.5) is 4.79 Å². The topological polar surface area (TPSA) is 134 Å². The Morgan fingerprint density at radius 1 is 0.970 bits per heavy atom. The van der Waals surface area contributed by atoms with Crippen LogP contribution < -0.4 is 16.0 Å². The lowest BCUT2D eigenvalue weighted by atomic mass is 9.81. The Labute approximate surface area is 197 Å². The average Bonchev–Trinajstić information content (AvgIpc) is 2.68. The van der Waals surface area contributed by atoms with E-state index in [0.717, 1.165) is 12.8 Å². The van der Waals surface area contributed by atoms with E-state index < -0.39 is 29.7 Å². The van der Waals surface area contributed by atoms with Gasteiger partial charge in [0.1, 0.15) is 17.7 Å². The van der Waals surface area contributed by atoms with Crippen LogP contribution in [0.25, 0.3) is 0 Å². The van der Waals surface area contributed by atoms with Crippen molar-refractivity contribution in [2.75, 3.05) is 6.54 Å². The maximum Gasteiger partial charge on any atom is 0.408 e. The summed E-state index contributed by atoms with van der Waals surface area (Å²) in [6, 6.07) is -1.56. The van der Waals surface area contributed by atoms with Gasteiger partial charge in [0.25, 0.3) is 0 Å². The second-order valence-corrected chi connectivity index (χ2v) is 10.9. The molecule has 0 bridgehead atoms. The van der Waals surface area contributed by atoms with E-state index in [-0.39, 0.29) is 35.5 Å². The number of carbonyl (C=O) groups excluding carboxylic acids is 3. The predicted octanol–water partition coefficient (Wildman–Crippen LogP) is 3.07. The molecule has 0 aliphatic heterocycles. The van der Waals surface area contributed by atoms with Gasteiger partial charge in [-0.1, -0.05) is 27.7 Å². The SMILES string of the molecule is CC(C)C[C@@H](NC(=O)C1CCC(CNC(=O)[C@H](NC(=O)OC(C)(C)C)C(C)C)CC1)C(=O)O. The highest BCUT2D eigenvalue weighted by molar-refractivity contribution is 5.86. The number of hydrogen-bond donors (Lipinski definition) is 4. The molecule has 9 heteroatoms. The van der Waals surface area contributed by atoms with Crippen molar-refractivity contribution in [3.05, 3.63) is 0 Å². The van der Waals surface area contributed by atoms with E-state index in [2.05, 4.69) is 16.0 Å². The minimum atomic E-state index is -1.01. The van der Waals surface area contributed by atoms with Crippen LogP contribution in [0, 0.1) is 23.7 Å². The van der Waals surface area contributed by atoms with Crippen molar-refractivity contribution in [2.24, 2.45) is 23.7 Å². The van der Waals surface area contributed by atoms with Gasteiger partial charge in [-0.15, -0.1) is 0 Å². The molecule has 0 saturated heterocycles. The fraction of sp³-hybridized carbons (Fsp3) is 0.833. The Morgan fingerprint density at radius 3 is 2.00 bits per heavy atom. The third kappa shape index (κ3) is 10.9. The third-order valence-electron chi connectivity index (χ3n) is 5.73. The Balaban J connectivity index is 2.50. The van der Waals surface area contributed by atoms with E-state index in [4.69, 9.17) is 4.74 Å². The molecule has 0 heterocycles. The average molecular weight is 470 g/mol. The minimum Gasteiger partial charge on any atom is -0.480 e. The zero-order valence-corrected chi connectivity index (χ0v) is 21.2. The van der Waals surface area contributed by atoms with Crippen LogP contribution in [0.2, 0.25) is 0 Å². The van der Waals surface area contributed by atoms with Gasteiger partial charge in [0.05, 0.1) is 0 Å². The summed E-state index contributed by atoms with van der Waals surface area (Å²) in [6.07, 6.45) is 2.63. The number of carboxylic acid groups (broad SMARTS) is 1. The third-order valence-corrected chi connectivity index (χ3v) is 5.73. The standard InChI is InChI=1S/C24H43N3O6/c1-14(2)12-18(22(30)31)26-20(28)17-10-8-16(9-11-17)13-25-21(29)19(15(3)4)27-23(32)33-24(5,6)7/h14-19H,8-13H2,1-7H3,(H,25,29)(H,26,28)(H,27,32)(H,30,31)/t16?,17?,18-,19-/m1/s1. The molecular formula is C24H43N3O6. The van der Waals surface area contributed by atoms with Crippen molar-refractivity contribution >= 4 is 23.9 Å². The molecule has 0 aromatic rings. The molecule has 0 spiro atoms. The van der Waals surface area contributed by atoms with Gasteiger partial charge in [0.2, 0.25) is 11.8 Å². The lowest BCUT2D eigenvalue weighted by Gasteiger charge is -2.30. The van der Waals surface area contributed by atoms with Crippen molar-refractivity contribution in [3.8, 4) is 0 Å². The number of alkyl carbamates (subject to hydrolysis) is 1. The minimum absolute atomic E-state index is 0.107. The normalized spacial score (nSPS) is 20.6. The lowest BCUT2D eigenvalue weighted by Crippen LogP contribution is -2.51. The molecule has 1 fully saturated rings. The van der Waals surface area contributed by atoms with Crippen molar-refractivity contribution < 1.29 is 29.0 Å². The number of nitrogens with one attached hydrogen (secondary N) is 3. The van der Waals surface area contributed by atoms with Crippen molar-refractivity contribution in [3.63, 3.8) is 0 Å². The number of carbonyl (C=O) groups is 4. The van der Waals surface area contributed by atoms with Crippen LogP contribution in [0.15, 0.2) is 0 Å². The van der Waals surface area contributed by atoms with E-state index in [1.54, 1.807) is 20.8 Å². The molecule has 4 N–H and O–H groups in total. The van der Waals surface area contributed by atoms with Gasteiger partial charge in [0.15, 0.2) is 0 Å². The first-order valence-electron chi connectivity index (χ1n) is 12.0. The van der Waals surface area contributed by atoms with Gasteiger partial charge >= 0.3 is 12.1 Å². The van der Waals surface area contributed by atoms with Gasteiger partial charge in [0, 0.05) is 12.5 Å². The number of amides is 3. The first kappa shape index (κ1) is 28.7. The number of hydrogen-bond acceptors (Lipinski definition) is 5. The van der Waals surface area contributed by atoms with Gasteiger partial charge in [-0.25, -0.2) is 9.59 Å². The highest BCUT2D eigenvalue weighted by atomic mass is 16.6. The molecule has 0 unspecified atom stereocenters. The number of ether oxygens (including phenoxy) is 1. The molecule has 9 nitrogen and oxygen atoms in total. The first-order valence-corrected chi connectivity index (χ1v) is 12.0. The van der Waals surface area contributed by atoms with Crippen LogP contribution in [0.3, 0.4) is 0 Å². The molecule has 1 aliphatic carbocycles. The Morgan fingerprint density at radius 2 is 1.55 bits per heavy atom. The first-order chi connectivity index (χ1) is 15.2. The van der Waals surface area contributed by atoms with Crippen LogP contribution in [0.5, 0.6) is 0 Å². The Kier molecular flexibility index (Phi) is 11.1. The van der Waals surface area contributed by atoms with Crippen LogP contribution in [-0.4, -0.2) is 53.2 Å². The van der Waals surface area contributed by atoms with Crippen molar-refractivity contribution in [1.29, 1.82) is 0 Å². The van der Waals surface area contributed by atoms with Crippen LogP contribution in [-0.2, 0) is 19.1 Å². The Hall–Kier alpha value is -2.32. The van der Waals surface area contributed by atoms with Crippen LogP contribution >= 0.6 is 0 Å². The predicted molar refractivity (Wildman–Crippen MR) is 125 cm³/mol. The summed E-state index contributed by atoms with van der Waals surface area (Å²) < 4.78 is 5.26. The summed E-state index contributed by atoms with van der Waals surface area (Å²) in [6.45, 7) is 13.3. The van der Waals surface area contributed by atoms with Gasteiger partial charge in [-0.2, -0.15) is 0 Å². The number of rotatable bonds is 10. The summed E-state index contributed by atoms with van der Waals surface area (Å²) in [7, 11) is 0. The molecule has 2 atom stereocenters. The summed E-state index contributed by atoms with van der Waals surface area (Å²) in [5, 5.41) is 17.6. The summed E-state index contributed by atoms with van der Waals surface area (Å²) in [5.74, 6) is -1.37. The van der Waals surface area contributed by atoms with Gasteiger partial charge in [-0.05, 0) is 70.6 Å². The monoisotopic (exact) mass is 469 g/mol. The molecule has 3 amide bonds. The summed E-state index contributed by atoms with van der Waals surface area (Å²) >= 11 is 0. The van der Waals surface area contributed by atoms with Crippen molar-refractivity contribution in [1.82, 2.24) is 16.0 Å². The molecule has 1 rings (SSSR count). The van der Waals surface area contributed by atoms with E-state index in [0.29, 0.717) is 25.8 Å². The smallest absolute Gasteiger partial charge is 0.408 e. The van der Waals surface area contributed by atoms with Gasteiger partial charge < -0.3 is 25.8 Å². The molecule has 0 aromatic heterocycles. The number of carboxylic acids is 1. The van der Waals surface area contributed by atoms with Crippen LogP contribution in [0.1, 0.15) is 80.6 Å². The highest BCUT2D eigenvalue weighted by Gasteiger charge is 2.31. The summed E-state index contributed by atoms with van der Waals surface area (Å²) in [4.78, 5) is 48.7. The van der Waals surface area contributed by atoms with E-state index in [1.807, 2.05) is 27.7 Å². The van der Waals surface area contributed by atoms with Gasteiger partial charge in [-0.3, -0.25) is 9.59 Å². The summed E-state index contributed by atoms with van der Waals surface area (Å²) in [5.41, 5.74) is -0.647. The number of aliphatic carboxylic acids is 1. The lowest BCUT2D eigenvalue weighted by molar-refractivity contribution is -0.143. The fourth-order valence-corrected chi connectivity index (χ4v) is 3.94. The Bertz CT molecular complexity index is 678. The molecular weight excluding hydrogens is 426 g/mol.